The summed E-state index contributed by atoms with van der Waals surface area (Å²) < 4.78 is 59.4. The molecule has 0 aliphatic carbocycles. The quantitative estimate of drug-likeness (QED) is 0.434. The molecule has 0 bridgehead atoms. The van der Waals surface area contributed by atoms with Gasteiger partial charge in [-0.3, -0.25) is 0 Å². The van der Waals surface area contributed by atoms with Crippen molar-refractivity contribution in [2.75, 3.05) is 32.8 Å². The van der Waals surface area contributed by atoms with Crippen LogP contribution in [-0.4, -0.2) is 48.6 Å². The lowest BCUT2D eigenvalue weighted by atomic mass is 10.00. The summed E-state index contributed by atoms with van der Waals surface area (Å²) in [6, 6.07) is 6.37. The number of aliphatic hydroxyl groups is 1. The molecular weight excluding hydrogens is 451 g/mol. The van der Waals surface area contributed by atoms with Gasteiger partial charge in [0.1, 0.15) is 30.7 Å². The third kappa shape index (κ3) is 5.34. The van der Waals surface area contributed by atoms with Gasteiger partial charge in [0.05, 0.1) is 30.3 Å². The fourth-order valence-electron chi connectivity index (χ4n) is 3.44. The maximum atomic E-state index is 15.0. The van der Waals surface area contributed by atoms with Crippen LogP contribution in [0.15, 0.2) is 30.3 Å². The number of hydrogen-bond acceptors (Lipinski definition) is 7. The lowest BCUT2D eigenvalue weighted by Crippen LogP contribution is -2.22. The highest BCUT2D eigenvalue weighted by Crippen LogP contribution is 2.37. The normalized spacial score (nSPS) is 13.6. The number of rotatable bonds is 10. The molecule has 3 rings (SSSR count). The van der Waals surface area contributed by atoms with E-state index < -0.39 is 30.0 Å². The van der Waals surface area contributed by atoms with Gasteiger partial charge in [-0.15, -0.1) is 0 Å². The zero-order valence-electron chi connectivity index (χ0n) is 19.7. The molecule has 1 aromatic heterocycles. The number of aryl methyl sites for hydroxylation is 1. The average Bonchev–Trinajstić information content (AvgIpc) is 2.81. The van der Waals surface area contributed by atoms with Gasteiger partial charge in [0.25, 0.3) is 5.92 Å². The van der Waals surface area contributed by atoms with Crippen molar-refractivity contribution >= 4 is 16.7 Å². The van der Waals surface area contributed by atoms with Crippen molar-refractivity contribution in [3.63, 3.8) is 0 Å². The lowest BCUT2D eigenvalue weighted by Gasteiger charge is -2.21. The maximum Gasteiger partial charge on any atom is 0.298 e. The molecule has 0 saturated carbocycles. The summed E-state index contributed by atoms with van der Waals surface area (Å²) in [5.41, 5.74) is -0.293. The average molecular weight is 479 g/mol. The van der Waals surface area contributed by atoms with E-state index in [2.05, 4.69) is 15.3 Å². The minimum absolute atomic E-state index is 0.00828. The molecule has 7 nitrogen and oxygen atoms in total. The molecule has 0 fully saturated rings. The summed E-state index contributed by atoms with van der Waals surface area (Å²) in [7, 11) is 3.09. The minimum Gasteiger partial charge on any atom is -0.493 e. The van der Waals surface area contributed by atoms with E-state index in [0.29, 0.717) is 34.0 Å². The number of nitrogens with zero attached hydrogens (tertiary/aromatic N) is 2. The van der Waals surface area contributed by atoms with Crippen LogP contribution >= 0.6 is 0 Å². The fraction of sp³-hybridized carbons (Fsp3) is 0.417. The highest BCUT2D eigenvalue weighted by Gasteiger charge is 2.35. The summed E-state index contributed by atoms with van der Waals surface area (Å²) in [5, 5.41) is 12.6. The highest BCUT2D eigenvalue weighted by atomic mass is 19.3. The van der Waals surface area contributed by atoms with Gasteiger partial charge in [-0.1, -0.05) is 12.1 Å². The largest absolute Gasteiger partial charge is 0.493 e. The summed E-state index contributed by atoms with van der Waals surface area (Å²) >= 11 is 0. The molecule has 2 atom stereocenters. The van der Waals surface area contributed by atoms with Gasteiger partial charge in [-0.2, -0.15) is 8.78 Å². The van der Waals surface area contributed by atoms with Crippen LogP contribution in [0.5, 0.6) is 11.5 Å². The summed E-state index contributed by atoms with van der Waals surface area (Å²) in [6.07, 6.45) is -0.153. The molecule has 0 unspecified atom stereocenters. The Morgan fingerprint density at radius 2 is 1.85 bits per heavy atom. The Kier molecular flexibility index (Phi) is 7.83. The van der Waals surface area contributed by atoms with Crippen LogP contribution < -0.4 is 14.8 Å². The van der Waals surface area contributed by atoms with E-state index in [-0.39, 0.29) is 18.3 Å². The Balaban J connectivity index is 2.02. The first-order valence-electron chi connectivity index (χ1n) is 10.7. The Labute approximate surface area is 195 Å². The number of fused-ring (bicyclic) bond motifs is 1. The van der Waals surface area contributed by atoms with Gasteiger partial charge in [-0.25, -0.2) is 14.4 Å². The predicted octanol–water partition coefficient (Wildman–Crippen LogP) is 4.76. The number of aromatic nitrogens is 2. The van der Waals surface area contributed by atoms with E-state index in [1.807, 2.05) is 6.92 Å². The first-order valence-corrected chi connectivity index (χ1v) is 10.7. The summed E-state index contributed by atoms with van der Waals surface area (Å²) in [4.78, 5) is 8.88. The number of methoxy groups -OCH3 is 2. The molecule has 2 aromatic carbocycles. The fourth-order valence-corrected chi connectivity index (χ4v) is 3.44. The molecule has 0 saturated heterocycles. The molecule has 0 aliphatic heterocycles. The third-order valence-electron chi connectivity index (χ3n) is 5.41. The second kappa shape index (κ2) is 10.4. The van der Waals surface area contributed by atoms with Crippen LogP contribution in [0.4, 0.5) is 19.0 Å². The van der Waals surface area contributed by atoms with Crippen LogP contribution in [0.3, 0.4) is 0 Å². The minimum atomic E-state index is -3.69. The van der Waals surface area contributed by atoms with E-state index in [1.54, 1.807) is 33.1 Å². The Bertz CT molecular complexity index is 1160. The van der Waals surface area contributed by atoms with Crippen LogP contribution in [-0.2, 0) is 10.7 Å². The molecule has 2 N–H and O–H groups in total. The lowest BCUT2D eigenvalue weighted by molar-refractivity contribution is -0.0583. The molecule has 0 aliphatic rings. The van der Waals surface area contributed by atoms with Crippen molar-refractivity contribution in [3.05, 3.63) is 53.1 Å². The molecule has 0 radical (unpaired) electrons. The predicted molar refractivity (Wildman–Crippen MR) is 122 cm³/mol. The first-order chi connectivity index (χ1) is 16.1. The van der Waals surface area contributed by atoms with Gasteiger partial charge in [0.2, 0.25) is 0 Å². The molecule has 0 amide bonds. The summed E-state index contributed by atoms with van der Waals surface area (Å²) in [5.74, 6) is -3.04. The second-order valence-electron chi connectivity index (χ2n) is 7.93. The molecule has 1 heterocycles. The molecule has 10 heteroatoms. The van der Waals surface area contributed by atoms with Gasteiger partial charge < -0.3 is 24.6 Å². The molecular formula is C24H28F3N3O4. The van der Waals surface area contributed by atoms with Crippen molar-refractivity contribution in [1.82, 2.24) is 9.97 Å². The van der Waals surface area contributed by atoms with Gasteiger partial charge in [0, 0.05) is 24.1 Å². The number of anilines is 1. The summed E-state index contributed by atoms with van der Waals surface area (Å²) in [6.45, 7) is 3.98. The highest BCUT2D eigenvalue weighted by molar-refractivity contribution is 5.92. The van der Waals surface area contributed by atoms with Crippen LogP contribution in [0.25, 0.3) is 10.9 Å². The number of halogens is 3. The number of hydrogen-bond donors (Lipinski definition) is 2. The van der Waals surface area contributed by atoms with Crippen molar-refractivity contribution in [2.45, 2.75) is 38.8 Å². The van der Waals surface area contributed by atoms with E-state index in [4.69, 9.17) is 19.3 Å². The number of benzene rings is 2. The first kappa shape index (κ1) is 25.5. The van der Waals surface area contributed by atoms with Crippen molar-refractivity contribution in [2.24, 2.45) is 0 Å². The van der Waals surface area contributed by atoms with Gasteiger partial charge >= 0.3 is 0 Å². The molecule has 3 aromatic rings. The maximum absolute atomic E-state index is 15.0. The van der Waals surface area contributed by atoms with Crippen molar-refractivity contribution in [3.8, 4) is 11.5 Å². The van der Waals surface area contributed by atoms with E-state index in [9.17, 15) is 13.2 Å². The Hall–Kier alpha value is -3.11. The monoisotopic (exact) mass is 479 g/mol. The Morgan fingerprint density at radius 1 is 1.12 bits per heavy atom. The SMILES string of the molecule is COc1cc2nc(C)nc(N[C@H](C)c3cccc(C(F)(F)CO)c3F)c2cc1OC[C@@H](C)OC. The van der Waals surface area contributed by atoms with E-state index >= 15 is 0 Å². The van der Waals surface area contributed by atoms with Crippen LogP contribution in [0.2, 0.25) is 0 Å². The second-order valence-corrected chi connectivity index (χ2v) is 7.93. The smallest absolute Gasteiger partial charge is 0.298 e. The number of ether oxygens (including phenoxy) is 3. The van der Waals surface area contributed by atoms with Gasteiger partial charge in [0.15, 0.2) is 11.5 Å². The molecule has 34 heavy (non-hydrogen) atoms. The third-order valence-corrected chi connectivity index (χ3v) is 5.41. The standard InChI is InChI=1S/C24H28F3N3O4/c1-13(32-4)11-34-21-9-17-19(10-20(21)33-5)29-15(3)30-23(17)28-14(2)16-7-6-8-18(22(16)25)24(26,27)12-31/h6-10,13-14,31H,11-12H2,1-5H3,(H,28,29,30)/t13-,14-/m1/s1. The van der Waals surface area contributed by atoms with E-state index in [0.717, 1.165) is 6.07 Å². The van der Waals surface area contributed by atoms with Crippen LogP contribution in [0.1, 0.15) is 36.8 Å². The zero-order chi connectivity index (χ0) is 25.0. The number of alkyl halides is 2. The van der Waals surface area contributed by atoms with Crippen molar-refractivity contribution in [1.29, 1.82) is 0 Å². The van der Waals surface area contributed by atoms with Crippen molar-refractivity contribution < 1.29 is 32.5 Å². The number of aliphatic hydroxyl groups excluding tert-OH is 1. The van der Waals surface area contributed by atoms with E-state index in [1.165, 1.54) is 19.2 Å². The number of nitrogens with one attached hydrogen (secondary N) is 1. The van der Waals surface area contributed by atoms with Gasteiger partial charge in [-0.05, 0) is 32.9 Å². The molecule has 0 spiro atoms. The van der Waals surface area contributed by atoms with Crippen LogP contribution in [0, 0.1) is 12.7 Å². The zero-order valence-corrected chi connectivity index (χ0v) is 19.7. The topological polar surface area (TPSA) is 85.7 Å². The molecule has 184 valence electrons. The Morgan fingerprint density at radius 3 is 2.50 bits per heavy atom.